The van der Waals surface area contributed by atoms with E-state index >= 15 is 0 Å². The third-order valence-electron chi connectivity index (χ3n) is 6.37. The van der Waals surface area contributed by atoms with E-state index in [1.54, 1.807) is 54.3 Å². The Morgan fingerprint density at radius 1 is 1.03 bits per heavy atom. The molecular formula is C26H30N4O6. The highest BCUT2D eigenvalue weighted by Crippen LogP contribution is 2.36. The predicted octanol–water partition coefficient (Wildman–Crippen LogP) is 2.74. The maximum absolute atomic E-state index is 13.3. The normalized spacial score (nSPS) is 18.9. The Morgan fingerprint density at radius 3 is 2.36 bits per heavy atom. The minimum absolute atomic E-state index is 0.0914. The minimum atomic E-state index is -1.35. The van der Waals surface area contributed by atoms with Crippen LogP contribution in [0.15, 0.2) is 42.5 Å². The molecule has 0 radical (unpaired) electrons. The maximum atomic E-state index is 13.3. The molecule has 4 rings (SSSR count). The Balaban J connectivity index is 1.43. The van der Waals surface area contributed by atoms with E-state index in [1.165, 1.54) is 0 Å². The van der Waals surface area contributed by atoms with Gasteiger partial charge in [0, 0.05) is 30.8 Å². The molecule has 1 unspecified atom stereocenters. The second-order valence-electron chi connectivity index (χ2n) is 8.76. The number of anilines is 1. The second kappa shape index (κ2) is 10.3. The molecule has 0 aliphatic carbocycles. The molecule has 5 amide bonds. The van der Waals surface area contributed by atoms with E-state index in [9.17, 15) is 19.2 Å². The lowest BCUT2D eigenvalue weighted by molar-refractivity contribution is -0.133. The molecule has 36 heavy (non-hydrogen) atoms. The molecule has 2 aliphatic rings. The standard InChI is InChI=1S/C26H30N4O6/c1-4-29(5-2)23(32)17-7-10-19(11-8-17)27-22(31)16-30-24(33)26(3,28-25(30)34)18-9-12-20-21(15-18)36-14-6-13-35-20/h7-12,15H,4-6,13-14,16H2,1-3H3,(H,27,31)(H,28,34). The van der Waals surface area contributed by atoms with E-state index in [4.69, 9.17) is 9.47 Å². The second-order valence-corrected chi connectivity index (χ2v) is 8.76. The Bertz CT molecular complexity index is 1180. The molecule has 2 N–H and O–H groups in total. The van der Waals surface area contributed by atoms with Crippen LogP contribution in [0.25, 0.3) is 0 Å². The van der Waals surface area contributed by atoms with Gasteiger partial charge in [-0.3, -0.25) is 19.3 Å². The van der Waals surface area contributed by atoms with Crippen LogP contribution in [-0.4, -0.2) is 66.4 Å². The molecular weight excluding hydrogens is 464 g/mol. The van der Waals surface area contributed by atoms with Crippen molar-refractivity contribution in [3.8, 4) is 11.5 Å². The molecule has 0 saturated carbocycles. The van der Waals surface area contributed by atoms with Gasteiger partial charge in [0.1, 0.15) is 12.1 Å². The number of nitrogens with one attached hydrogen (secondary N) is 2. The summed E-state index contributed by atoms with van der Waals surface area (Å²) in [5.74, 6) is -0.0853. The van der Waals surface area contributed by atoms with Gasteiger partial charge in [-0.1, -0.05) is 6.07 Å². The van der Waals surface area contributed by atoms with Crippen molar-refractivity contribution in [1.29, 1.82) is 0 Å². The first kappa shape index (κ1) is 25.0. The van der Waals surface area contributed by atoms with Crippen molar-refractivity contribution in [2.24, 2.45) is 0 Å². The fourth-order valence-electron chi connectivity index (χ4n) is 4.24. The maximum Gasteiger partial charge on any atom is 0.325 e. The minimum Gasteiger partial charge on any atom is -0.490 e. The summed E-state index contributed by atoms with van der Waals surface area (Å²) >= 11 is 0. The zero-order chi connectivity index (χ0) is 25.9. The van der Waals surface area contributed by atoms with Gasteiger partial charge in [0.25, 0.3) is 11.8 Å². The van der Waals surface area contributed by atoms with Crippen molar-refractivity contribution in [2.45, 2.75) is 32.7 Å². The Morgan fingerprint density at radius 2 is 1.69 bits per heavy atom. The summed E-state index contributed by atoms with van der Waals surface area (Å²) in [6.45, 7) is 7.19. The Hall–Kier alpha value is -4.08. The van der Waals surface area contributed by atoms with E-state index < -0.39 is 29.9 Å². The summed E-state index contributed by atoms with van der Waals surface area (Å²) in [4.78, 5) is 53.6. The Kier molecular flexibility index (Phi) is 7.14. The third-order valence-corrected chi connectivity index (χ3v) is 6.37. The quantitative estimate of drug-likeness (QED) is 0.572. The summed E-state index contributed by atoms with van der Waals surface area (Å²) in [7, 11) is 0. The van der Waals surface area contributed by atoms with Gasteiger partial charge >= 0.3 is 6.03 Å². The van der Waals surface area contributed by atoms with Crippen molar-refractivity contribution < 1.29 is 28.7 Å². The summed E-state index contributed by atoms with van der Waals surface area (Å²) in [6.07, 6.45) is 0.745. The summed E-state index contributed by atoms with van der Waals surface area (Å²) in [6, 6.07) is 10.9. The van der Waals surface area contributed by atoms with Crippen LogP contribution < -0.4 is 20.1 Å². The number of fused-ring (bicyclic) bond motifs is 1. The molecule has 1 saturated heterocycles. The summed E-state index contributed by atoms with van der Waals surface area (Å²) in [5, 5.41) is 5.37. The number of urea groups is 1. The van der Waals surface area contributed by atoms with Crippen LogP contribution in [0.4, 0.5) is 10.5 Å². The first-order valence-corrected chi connectivity index (χ1v) is 12.0. The topological polar surface area (TPSA) is 117 Å². The number of carbonyl (C=O) groups excluding carboxylic acids is 4. The van der Waals surface area contributed by atoms with Gasteiger partial charge in [0.2, 0.25) is 5.91 Å². The zero-order valence-corrected chi connectivity index (χ0v) is 20.6. The number of carbonyl (C=O) groups is 4. The summed E-state index contributed by atoms with van der Waals surface area (Å²) < 4.78 is 11.4. The molecule has 0 bridgehead atoms. The number of benzene rings is 2. The highest BCUT2D eigenvalue weighted by molar-refractivity contribution is 6.10. The van der Waals surface area contributed by atoms with E-state index in [0.717, 1.165) is 11.3 Å². The first-order chi connectivity index (χ1) is 17.3. The molecule has 2 aliphatic heterocycles. The van der Waals surface area contributed by atoms with Crippen LogP contribution in [0.3, 0.4) is 0 Å². The third kappa shape index (κ3) is 4.84. The Labute approximate surface area is 209 Å². The predicted molar refractivity (Wildman–Crippen MR) is 132 cm³/mol. The molecule has 1 fully saturated rings. The largest absolute Gasteiger partial charge is 0.490 e. The number of rotatable bonds is 7. The molecule has 10 heteroatoms. The van der Waals surface area contributed by atoms with Gasteiger partial charge < -0.3 is 25.0 Å². The van der Waals surface area contributed by atoms with E-state index in [-0.39, 0.29) is 5.91 Å². The van der Waals surface area contributed by atoms with Gasteiger partial charge in [0.15, 0.2) is 11.5 Å². The number of ether oxygens (including phenoxy) is 2. The van der Waals surface area contributed by atoms with Crippen LogP contribution >= 0.6 is 0 Å². The molecule has 2 heterocycles. The highest BCUT2D eigenvalue weighted by Gasteiger charge is 2.49. The van der Waals surface area contributed by atoms with Crippen molar-refractivity contribution in [3.05, 3.63) is 53.6 Å². The lowest BCUT2D eigenvalue weighted by Gasteiger charge is -2.23. The van der Waals surface area contributed by atoms with Crippen molar-refractivity contribution in [3.63, 3.8) is 0 Å². The molecule has 0 aromatic heterocycles. The van der Waals surface area contributed by atoms with E-state index in [0.29, 0.717) is 54.6 Å². The van der Waals surface area contributed by atoms with Crippen LogP contribution in [0.1, 0.15) is 43.1 Å². The fourth-order valence-corrected chi connectivity index (χ4v) is 4.24. The number of amides is 5. The average Bonchev–Trinajstić information content (AvgIpc) is 3.03. The van der Waals surface area contributed by atoms with Gasteiger partial charge in [-0.05, 0) is 62.7 Å². The molecule has 0 spiro atoms. The number of hydrogen-bond donors (Lipinski definition) is 2. The number of imide groups is 1. The smallest absolute Gasteiger partial charge is 0.325 e. The van der Waals surface area contributed by atoms with Gasteiger partial charge in [-0.2, -0.15) is 0 Å². The van der Waals surface area contributed by atoms with Crippen molar-refractivity contribution in [1.82, 2.24) is 15.1 Å². The SMILES string of the molecule is CCN(CC)C(=O)c1ccc(NC(=O)CN2C(=O)NC(C)(c3ccc4c(c3)OCCCO4)C2=O)cc1. The lowest BCUT2D eigenvalue weighted by atomic mass is 9.91. The number of nitrogens with zero attached hydrogens (tertiary/aromatic N) is 2. The molecule has 190 valence electrons. The number of hydrogen-bond acceptors (Lipinski definition) is 6. The average molecular weight is 495 g/mol. The van der Waals surface area contributed by atoms with Crippen LogP contribution in [0, 0.1) is 0 Å². The lowest BCUT2D eigenvalue weighted by Crippen LogP contribution is -2.42. The van der Waals surface area contributed by atoms with Crippen LogP contribution in [0.5, 0.6) is 11.5 Å². The highest BCUT2D eigenvalue weighted by atomic mass is 16.5. The van der Waals surface area contributed by atoms with Gasteiger partial charge in [-0.25, -0.2) is 4.79 Å². The van der Waals surface area contributed by atoms with Crippen molar-refractivity contribution >= 4 is 29.4 Å². The molecule has 1 atom stereocenters. The van der Waals surface area contributed by atoms with Crippen LogP contribution in [-0.2, 0) is 15.1 Å². The summed E-state index contributed by atoms with van der Waals surface area (Å²) in [5.41, 5.74) is 0.140. The first-order valence-electron chi connectivity index (χ1n) is 12.0. The molecule has 10 nitrogen and oxygen atoms in total. The monoisotopic (exact) mass is 494 g/mol. The zero-order valence-electron chi connectivity index (χ0n) is 20.6. The van der Waals surface area contributed by atoms with Crippen LogP contribution in [0.2, 0.25) is 0 Å². The van der Waals surface area contributed by atoms with Gasteiger partial charge in [0.05, 0.1) is 13.2 Å². The van der Waals surface area contributed by atoms with Crippen molar-refractivity contribution in [2.75, 3.05) is 38.2 Å². The molecule has 2 aromatic carbocycles. The fraction of sp³-hybridized carbons (Fsp3) is 0.385. The van der Waals surface area contributed by atoms with E-state index in [1.807, 2.05) is 13.8 Å². The van der Waals surface area contributed by atoms with Gasteiger partial charge in [-0.15, -0.1) is 0 Å². The molecule has 2 aromatic rings. The van der Waals surface area contributed by atoms with E-state index in [2.05, 4.69) is 10.6 Å².